The van der Waals surface area contributed by atoms with Gasteiger partial charge in [-0.15, -0.1) is 0 Å². The first-order chi connectivity index (χ1) is 5.59. The van der Waals surface area contributed by atoms with E-state index >= 15 is 0 Å². The smallest absolute Gasteiger partial charge is 0.126 e. The predicted molar refractivity (Wildman–Crippen MR) is 52.7 cm³/mol. The molecule has 0 bridgehead atoms. The summed E-state index contributed by atoms with van der Waals surface area (Å²) in [7, 11) is 0. The Morgan fingerprint density at radius 1 is 1.42 bits per heavy atom. The van der Waals surface area contributed by atoms with Gasteiger partial charge in [-0.3, -0.25) is 0 Å². The fraction of sp³-hybridized carbons (Fsp3) is 0.300. The van der Waals surface area contributed by atoms with Crippen molar-refractivity contribution in [3.05, 3.63) is 29.0 Å². The first-order valence-corrected chi connectivity index (χ1v) is 3.97. The second-order valence-corrected chi connectivity index (χ2v) is 3.16. The molecule has 0 aliphatic carbocycles. The van der Waals surface area contributed by atoms with Crippen molar-refractivity contribution in [2.75, 3.05) is 5.73 Å². The summed E-state index contributed by atoms with van der Waals surface area (Å²) in [6.07, 6.45) is 2.01. The van der Waals surface area contributed by atoms with Crippen LogP contribution in [0.3, 0.4) is 0 Å². The zero-order chi connectivity index (χ0) is 9.14. The second-order valence-electron chi connectivity index (χ2n) is 3.16. The van der Waals surface area contributed by atoms with Crippen LogP contribution in [-0.4, -0.2) is 4.98 Å². The standard InChI is InChI=1S/C10H14N2/c1-7(2)6-9-5-4-8(3)10(11)12-9/h4-6H,1-3H3,(H2,11,12). The van der Waals surface area contributed by atoms with Crippen molar-refractivity contribution in [3.8, 4) is 0 Å². The zero-order valence-corrected chi connectivity index (χ0v) is 7.76. The highest BCUT2D eigenvalue weighted by Gasteiger charge is 1.94. The maximum Gasteiger partial charge on any atom is 0.126 e. The topological polar surface area (TPSA) is 38.9 Å². The summed E-state index contributed by atoms with van der Waals surface area (Å²) >= 11 is 0. The summed E-state index contributed by atoms with van der Waals surface area (Å²) in [5.41, 5.74) is 8.84. The van der Waals surface area contributed by atoms with Crippen molar-refractivity contribution in [2.45, 2.75) is 20.8 Å². The Morgan fingerprint density at radius 3 is 2.58 bits per heavy atom. The maximum atomic E-state index is 5.66. The number of nitrogens with zero attached hydrogens (tertiary/aromatic N) is 1. The minimum atomic E-state index is 0.616. The van der Waals surface area contributed by atoms with Crippen LogP contribution >= 0.6 is 0 Å². The van der Waals surface area contributed by atoms with Crippen LogP contribution in [0.2, 0.25) is 0 Å². The molecule has 2 nitrogen and oxygen atoms in total. The third kappa shape index (κ3) is 2.09. The molecule has 0 aliphatic rings. The molecule has 1 rings (SSSR count). The van der Waals surface area contributed by atoms with Gasteiger partial charge in [0, 0.05) is 0 Å². The highest BCUT2D eigenvalue weighted by molar-refractivity contribution is 5.52. The van der Waals surface area contributed by atoms with Crippen LogP contribution in [0.25, 0.3) is 6.08 Å². The molecule has 1 aromatic heterocycles. The number of anilines is 1. The molecule has 0 spiro atoms. The maximum absolute atomic E-state index is 5.66. The molecule has 2 heteroatoms. The molecule has 0 aliphatic heterocycles. The van der Waals surface area contributed by atoms with Crippen molar-refractivity contribution in [1.29, 1.82) is 0 Å². The SMILES string of the molecule is CC(C)=Cc1ccc(C)c(N)n1. The number of allylic oxidation sites excluding steroid dienone is 1. The lowest BCUT2D eigenvalue weighted by Crippen LogP contribution is -1.94. The van der Waals surface area contributed by atoms with Crippen LogP contribution < -0.4 is 5.73 Å². The average molecular weight is 162 g/mol. The molecule has 1 aromatic rings. The van der Waals surface area contributed by atoms with Gasteiger partial charge in [0.25, 0.3) is 0 Å². The monoisotopic (exact) mass is 162 g/mol. The van der Waals surface area contributed by atoms with Crippen molar-refractivity contribution in [2.24, 2.45) is 0 Å². The van der Waals surface area contributed by atoms with Crippen molar-refractivity contribution in [1.82, 2.24) is 4.98 Å². The molecule has 0 aromatic carbocycles. The van der Waals surface area contributed by atoms with E-state index in [-0.39, 0.29) is 0 Å². The molecule has 0 fully saturated rings. The molecule has 12 heavy (non-hydrogen) atoms. The highest BCUT2D eigenvalue weighted by Crippen LogP contribution is 2.10. The number of hydrogen-bond acceptors (Lipinski definition) is 2. The first-order valence-electron chi connectivity index (χ1n) is 3.97. The Bertz CT molecular complexity index is 310. The van der Waals surface area contributed by atoms with E-state index in [2.05, 4.69) is 4.98 Å². The van der Waals surface area contributed by atoms with Gasteiger partial charge in [-0.05, 0) is 38.5 Å². The number of nitrogens with two attached hydrogens (primary N) is 1. The molecule has 0 amide bonds. The number of aromatic nitrogens is 1. The fourth-order valence-corrected chi connectivity index (χ4v) is 0.936. The Morgan fingerprint density at radius 2 is 2.08 bits per heavy atom. The van der Waals surface area contributed by atoms with Crippen LogP contribution in [0.1, 0.15) is 25.1 Å². The van der Waals surface area contributed by atoms with E-state index < -0.39 is 0 Å². The highest BCUT2D eigenvalue weighted by atomic mass is 14.8. The summed E-state index contributed by atoms with van der Waals surface area (Å²) in [5, 5.41) is 0. The van der Waals surface area contributed by atoms with Gasteiger partial charge in [-0.1, -0.05) is 11.6 Å². The largest absolute Gasteiger partial charge is 0.383 e. The molecule has 0 saturated heterocycles. The lowest BCUT2D eigenvalue weighted by atomic mass is 10.2. The molecule has 64 valence electrons. The number of rotatable bonds is 1. The molecule has 1 heterocycles. The van der Waals surface area contributed by atoms with Crippen molar-refractivity contribution in [3.63, 3.8) is 0 Å². The summed E-state index contributed by atoms with van der Waals surface area (Å²) in [6, 6.07) is 3.95. The van der Waals surface area contributed by atoms with Crippen LogP contribution in [-0.2, 0) is 0 Å². The van der Waals surface area contributed by atoms with Gasteiger partial charge >= 0.3 is 0 Å². The van der Waals surface area contributed by atoms with Gasteiger partial charge < -0.3 is 5.73 Å². The summed E-state index contributed by atoms with van der Waals surface area (Å²) < 4.78 is 0. The third-order valence-electron chi connectivity index (χ3n) is 1.59. The first kappa shape index (κ1) is 8.78. The van der Waals surface area contributed by atoms with Crippen LogP contribution in [0.5, 0.6) is 0 Å². The van der Waals surface area contributed by atoms with Gasteiger partial charge in [0.2, 0.25) is 0 Å². The lowest BCUT2D eigenvalue weighted by molar-refractivity contribution is 1.25. The molecule has 2 N–H and O–H groups in total. The summed E-state index contributed by atoms with van der Waals surface area (Å²) in [5.74, 6) is 0.616. The van der Waals surface area contributed by atoms with Crippen LogP contribution in [0.4, 0.5) is 5.82 Å². The number of aryl methyl sites for hydroxylation is 1. The zero-order valence-electron chi connectivity index (χ0n) is 7.76. The van der Waals surface area contributed by atoms with E-state index in [1.807, 2.05) is 39.0 Å². The fourth-order valence-electron chi connectivity index (χ4n) is 0.936. The average Bonchev–Trinajstić information content (AvgIpc) is 1.96. The molecule has 0 saturated carbocycles. The van der Waals surface area contributed by atoms with Crippen LogP contribution in [0.15, 0.2) is 17.7 Å². The second kappa shape index (κ2) is 3.39. The van der Waals surface area contributed by atoms with Gasteiger partial charge in [0.1, 0.15) is 5.82 Å². The Balaban J connectivity index is 3.05. The van der Waals surface area contributed by atoms with Gasteiger partial charge in [-0.25, -0.2) is 4.98 Å². The van der Waals surface area contributed by atoms with Crippen molar-refractivity contribution < 1.29 is 0 Å². The molecular weight excluding hydrogens is 148 g/mol. The number of pyridine rings is 1. The minimum Gasteiger partial charge on any atom is -0.383 e. The van der Waals surface area contributed by atoms with Crippen molar-refractivity contribution >= 4 is 11.9 Å². The van der Waals surface area contributed by atoms with Crippen LogP contribution in [0, 0.1) is 6.92 Å². The Kier molecular flexibility index (Phi) is 2.48. The number of nitrogen functional groups attached to an aromatic ring is 1. The lowest BCUT2D eigenvalue weighted by Gasteiger charge is -1.99. The van der Waals surface area contributed by atoms with E-state index in [0.717, 1.165) is 11.3 Å². The Hall–Kier alpha value is -1.31. The van der Waals surface area contributed by atoms with E-state index in [9.17, 15) is 0 Å². The third-order valence-corrected chi connectivity index (χ3v) is 1.59. The molecule has 0 radical (unpaired) electrons. The molecular formula is C10H14N2. The van der Waals surface area contributed by atoms with E-state index in [4.69, 9.17) is 5.73 Å². The minimum absolute atomic E-state index is 0.616. The van der Waals surface area contributed by atoms with Gasteiger partial charge in [0.05, 0.1) is 5.69 Å². The quantitative estimate of drug-likeness (QED) is 0.688. The summed E-state index contributed by atoms with van der Waals surface area (Å²) in [6.45, 7) is 6.03. The molecule has 0 unspecified atom stereocenters. The van der Waals surface area contributed by atoms with Gasteiger partial charge in [-0.2, -0.15) is 0 Å². The summed E-state index contributed by atoms with van der Waals surface area (Å²) in [4.78, 5) is 4.21. The van der Waals surface area contributed by atoms with Gasteiger partial charge in [0.15, 0.2) is 0 Å². The normalized spacial score (nSPS) is 9.58. The van der Waals surface area contributed by atoms with E-state index in [1.165, 1.54) is 5.57 Å². The Labute approximate surface area is 73.1 Å². The van der Waals surface area contributed by atoms with E-state index in [0.29, 0.717) is 5.82 Å². The van der Waals surface area contributed by atoms with E-state index in [1.54, 1.807) is 0 Å². The molecule has 0 atom stereocenters. The predicted octanol–water partition coefficient (Wildman–Crippen LogP) is 2.40. The number of hydrogen-bond donors (Lipinski definition) is 1.